The molecule has 2 heterocycles. The molecule has 2 aromatic carbocycles. The molecule has 29 heavy (non-hydrogen) atoms. The van der Waals surface area contributed by atoms with E-state index in [1.54, 1.807) is 25.1 Å². The third-order valence-electron chi connectivity index (χ3n) is 5.85. The van der Waals surface area contributed by atoms with Gasteiger partial charge in [-0.15, -0.1) is 0 Å². The van der Waals surface area contributed by atoms with E-state index in [9.17, 15) is 9.59 Å². The molecule has 3 atom stereocenters. The summed E-state index contributed by atoms with van der Waals surface area (Å²) >= 11 is 0. The first-order valence-corrected chi connectivity index (χ1v) is 9.99. The molecule has 1 saturated heterocycles. The third kappa shape index (κ3) is 3.72. The fraction of sp³-hybridized carbons (Fsp3) is 0.391. The number of rotatable bonds is 5. The van der Waals surface area contributed by atoms with Gasteiger partial charge >= 0.3 is 0 Å². The molecule has 0 spiro atoms. The first-order valence-electron chi connectivity index (χ1n) is 9.99. The lowest BCUT2D eigenvalue weighted by molar-refractivity contribution is -0.124. The molecule has 6 heteroatoms. The first-order chi connectivity index (χ1) is 14.1. The number of ether oxygens (including phenoxy) is 2. The van der Waals surface area contributed by atoms with Gasteiger partial charge in [0.05, 0.1) is 25.2 Å². The molecule has 0 aliphatic carbocycles. The van der Waals surface area contributed by atoms with Gasteiger partial charge in [0.25, 0.3) is 5.91 Å². The van der Waals surface area contributed by atoms with Crippen molar-refractivity contribution in [3.63, 3.8) is 0 Å². The fourth-order valence-corrected chi connectivity index (χ4v) is 4.30. The number of nitrogens with one attached hydrogen (secondary N) is 1. The van der Waals surface area contributed by atoms with Gasteiger partial charge in [0.1, 0.15) is 5.75 Å². The number of nitrogens with zero attached hydrogens (tertiary/aromatic N) is 1. The smallest absolute Gasteiger partial charge is 0.254 e. The van der Waals surface area contributed by atoms with E-state index in [1.807, 2.05) is 42.5 Å². The van der Waals surface area contributed by atoms with Crippen LogP contribution >= 0.6 is 0 Å². The Kier molecular flexibility index (Phi) is 5.53. The molecule has 2 aliphatic rings. The average molecular weight is 394 g/mol. The Morgan fingerprint density at radius 2 is 1.97 bits per heavy atom. The van der Waals surface area contributed by atoms with Crippen LogP contribution in [0.1, 0.15) is 46.3 Å². The minimum Gasteiger partial charge on any atom is -0.497 e. The summed E-state index contributed by atoms with van der Waals surface area (Å²) in [4.78, 5) is 28.0. The van der Waals surface area contributed by atoms with E-state index in [0.717, 1.165) is 36.3 Å². The van der Waals surface area contributed by atoms with E-state index < -0.39 is 12.0 Å². The molecule has 3 unspecified atom stereocenters. The maximum Gasteiger partial charge on any atom is 0.254 e. The topological polar surface area (TPSA) is 67.9 Å². The third-order valence-corrected chi connectivity index (χ3v) is 5.85. The van der Waals surface area contributed by atoms with E-state index in [2.05, 4.69) is 5.32 Å². The Hall–Kier alpha value is -2.86. The molecule has 0 aromatic heterocycles. The lowest BCUT2D eigenvalue weighted by Crippen LogP contribution is -2.46. The maximum atomic E-state index is 13.3. The zero-order valence-corrected chi connectivity index (χ0v) is 16.8. The predicted octanol–water partition coefficient (Wildman–Crippen LogP) is 2.90. The summed E-state index contributed by atoms with van der Waals surface area (Å²) in [6.45, 7) is 1.24. The van der Waals surface area contributed by atoms with Gasteiger partial charge in [-0.05, 0) is 42.2 Å². The summed E-state index contributed by atoms with van der Waals surface area (Å²) in [6.07, 6.45) is 2.05. The van der Waals surface area contributed by atoms with Gasteiger partial charge in [-0.3, -0.25) is 9.59 Å². The quantitative estimate of drug-likeness (QED) is 0.847. The Balaban J connectivity index is 1.69. The number of carbonyl (C=O) groups excluding carboxylic acids is 2. The van der Waals surface area contributed by atoms with Crippen molar-refractivity contribution < 1.29 is 19.1 Å². The van der Waals surface area contributed by atoms with Gasteiger partial charge in [-0.1, -0.05) is 30.3 Å². The summed E-state index contributed by atoms with van der Waals surface area (Å²) in [5.41, 5.74) is 2.24. The van der Waals surface area contributed by atoms with E-state index in [0.29, 0.717) is 12.1 Å². The first kappa shape index (κ1) is 19.5. The van der Waals surface area contributed by atoms with Crippen LogP contribution in [-0.4, -0.2) is 50.1 Å². The maximum absolute atomic E-state index is 13.3. The number of methoxy groups -OCH3 is 1. The number of hydrogen-bond donors (Lipinski definition) is 1. The van der Waals surface area contributed by atoms with Crippen LogP contribution in [0.15, 0.2) is 48.5 Å². The standard InChI is InChI=1S/C23H26N2O4/c1-25-21(15-9-11-16(28-2)12-10-15)20(18-7-3-4-8-19(18)23(25)27)22(26)24-14-17-6-5-13-29-17/h3-4,7-12,17,20-21H,5-6,13-14H2,1-2H3,(H,24,26). The normalized spacial score (nSPS) is 23.6. The number of benzene rings is 2. The van der Waals surface area contributed by atoms with Gasteiger partial charge in [0.2, 0.25) is 5.91 Å². The van der Waals surface area contributed by atoms with E-state index in [4.69, 9.17) is 9.47 Å². The molecule has 2 amide bonds. The lowest BCUT2D eigenvalue weighted by atomic mass is 9.79. The molecule has 0 saturated carbocycles. The fourth-order valence-electron chi connectivity index (χ4n) is 4.30. The number of amides is 2. The highest BCUT2D eigenvalue weighted by atomic mass is 16.5. The summed E-state index contributed by atoms with van der Waals surface area (Å²) in [7, 11) is 3.37. The molecule has 2 aromatic rings. The molecule has 1 fully saturated rings. The SMILES string of the molecule is COc1ccc(C2C(C(=O)NCC3CCCO3)c3ccccc3C(=O)N2C)cc1. The molecular weight excluding hydrogens is 368 g/mol. The summed E-state index contributed by atoms with van der Waals surface area (Å²) in [5.74, 6) is 0.0692. The molecule has 0 bridgehead atoms. The lowest BCUT2D eigenvalue weighted by Gasteiger charge is -2.40. The molecular formula is C23H26N2O4. The largest absolute Gasteiger partial charge is 0.497 e. The zero-order chi connectivity index (χ0) is 20.4. The van der Waals surface area contributed by atoms with Gasteiger partial charge in [-0.25, -0.2) is 0 Å². The zero-order valence-electron chi connectivity index (χ0n) is 16.8. The molecule has 6 nitrogen and oxygen atoms in total. The van der Waals surface area contributed by atoms with Crippen LogP contribution in [0.5, 0.6) is 5.75 Å². The van der Waals surface area contributed by atoms with Crippen LogP contribution in [0.2, 0.25) is 0 Å². The second-order valence-corrected chi connectivity index (χ2v) is 7.58. The van der Waals surface area contributed by atoms with Crippen molar-refractivity contribution >= 4 is 11.8 Å². The van der Waals surface area contributed by atoms with Crippen molar-refractivity contribution in [1.82, 2.24) is 10.2 Å². The Labute approximate surface area is 170 Å². The van der Waals surface area contributed by atoms with Gasteiger partial charge in [-0.2, -0.15) is 0 Å². The van der Waals surface area contributed by atoms with Gasteiger partial charge < -0.3 is 19.7 Å². The van der Waals surface area contributed by atoms with Crippen molar-refractivity contribution in [1.29, 1.82) is 0 Å². The van der Waals surface area contributed by atoms with E-state index >= 15 is 0 Å². The van der Waals surface area contributed by atoms with E-state index in [-0.39, 0.29) is 17.9 Å². The van der Waals surface area contributed by atoms with Crippen LogP contribution in [-0.2, 0) is 9.53 Å². The highest BCUT2D eigenvalue weighted by molar-refractivity contribution is 6.01. The number of hydrogen-bond acceptors (Lipinski definition) is 4. The molecule has 2 aliphatic heterocycles. The van der Waals surface area contributed by atoms with Crippen molar-refractivity contribution in [2.24, 2.45) is 0 Å². The van der Waals surface area contributed by atoms with Crippen LogP contribution in [0, 0.1) is 0 Å². The predicted molar refractivity (Wildman–Crippen MR) is 109 cm³/mol. The second-order valence-electron chi connectivity index (χ2n) is 7.58. The Bertz CT molecular complexity index is 890. The molecule has 0 radical (unpaired) electrons. The Morgan fingerprint density at radius 1 is 1.21 bits per heavy atom. The van der Waals surface area contributed by atoms with Crippen LogP contribution < -0.4 is 10.1 Å². The molecule has 1 N–H and O–H groups in total. The summed E-state index contributed by atoms with van der Waals surface area (Å²) in [5, 5.41) is 3.07. The molecule has 152 valence electrons. The van der Waals surface area contributed by atoms with Crippen LogP contribution in [0.25, 0.3) is 0 Å². The average Bonchev–Trinajstić information content (AvgIpc) is 3.28. The van der Waals surface area contributed by atoms with Gasteiger partial charge in [0, 0.05) is 25.8 Å². The van der Waals surface area contributed by atoms with Crippen LogP contribution in [0.4, 0.5) is 0 Å². The summed E-state index contributed by atoms with van der Waals surface area (Å²) < 4.78 is 10.9. The van der Waals surface area contributed by atoms with Crippen LogP contribution in [0.3, 0.4) is 0 Å². The monoisotopic (exact) mass is 394 g/mol. The van der Waals surface area contributed by atoms with Crippen molar-refractivity contribution in [2.75, 3.05) is 27.3 Å². The van der Waals surface area contributed by atoms with Crippen molar-refractivity contribution in [3.8, 4) is 5.75 Å². The van der Waals surface area contributed by atoms with Crippen molar-refractivity contribution in [2.45, 2.75) is 30.9 Å². The van der Waals surface area contributed by atoms with Crippen molar-refractivity contribution in [3.05, 3.63) is 65.2 Å². The Morgan fingerprint density at radius 3 is 2.66 bits per heavy atom. The molecule has 4 rings (SSSR count). The van der Waals surface area contributed by atoms with Gasteiger partial charge in [0.15, 0.2) is 0 Å². The number of likely N-dealkylation sites (N-methyl/N-ethyl adjacent to an activating group) is 1. The second kappa shape index (κ2) is 8.25. The minimum absolute atomic E-state index is 0.0663. The number of carbonyl (C=O) groups is 2. The van der Waals surface area contributed by atoms with E-state index in [1.165, 1.54) is 0 Å². The number of fused-ring (bicyclic) bond motifs is 1. The minimum atomic E-state index is -0.497. The highest BCUT2D eigenvalue weighted by Crippen LogP contribution is 2.42. The highest BCUT2D eigenvalue weighted by Gasteiger charge is 2.42. The summed E-state index contributed by atoms with van der Waals surface area (Å²) in [6, 6.07) is 14.5.